The maximum atomic E-state index is 12.4. The summed E-state index contributed by atoms with van der Waals surface area (Å²) in [4.78, 5) is 43.5. The number of nitro benzene ring substituents is 1. The number of esters is 1. The first-order valence-electron chi connectivity index (χ1n) is 9.58. The van der Waals surface area contributed by atoms with Gasteiger partial charge in [0, 0.05) is 23.1 Å². The molecule has 0 saturated carbocycles. The number of rotatable bonds is 8. The van der Waals surface area contributed by atoms with Crippen LogP contribution in [-0.2, 0) is 14.3 Å². The molecule has 4 rings (SSSR count). The molecule has 10 nitrogen and oxygen atoms in total. The Hall–Kier alpha value is -3.77. The zero-order valence-electron chi connectivity index (χ0n) is 17.1. The van der Waals surface area contributed by atoms with Gasteiger partial charge in [0.25, 0.3) is 16.8 Å². The number of fused-ring (bicyclic) bond motifs is 1. The van der Waals surface area contributed by atoms with Gasteiger partial charge in [-0.15, -0.1) is 11.3 Å². The fraction of sp³-hybridized carbons (Fsp3) is 0.143. The number of benzene rings is 2. The third kappa shape index (κ3) is 5.54. The fourth-order valence-electron chi connectivity index (χ4n) is 2.77. The summed E-state index contributed by atoms with van der Waals surface area (Å²) in [6.07, 6.45) is -1.05. The Morgan fingerprint density at radius 3 is 2.85 bits per heavy atom. The van der Waals surface area contributed by atoms with Crippen molar-refractivity contribution in [3.63, 3.8) is 0 Å². The summed E-state index contributed by atoms with van der Waals surface area (Å²) in [6, 6.07) is 13.3. The van der Waals surface area contributed by atoms with Crippen LogP contribution < -0.4 is 5.32 Å². The summed E-state index contributed by atoms with van der Waals surface area (Å²) in [5, 5.41) is 15.8. The summed E-state index contributed by atoms with van der Waals surface area (Å²) >= 11 is 2.23. The number of hydrogen-bond acceptors (Lipinski definition) is 10. The molecule has 1 N–H and O–H groups in total. The van der Waals surface area contributed by atoms with E-state index in [-0.39, 0.29) is 16.6 Å². The average molecular weight is 485 g/mol. The van der Waals surface area contributed by atoms with Crippen molar-refractivity contribution in [1.82, 2.24) is 9.97 Å². The van der Waals surface area contributed by atoms with E-state index in [1.165, 1.54) is 19.1 Å². The molecule has 0 radical (unpaired) electrons. The number of nitrogens with one attached hydrogen (secondary N) is 1. The number of nitro groups is 1. The predicted molar refractivity (Wildman–Crippen MR) is 123 cm³/mol. The summed E-state index contributed by atoms with van der Waals surface area (Å²) in [5.74, 6) is -1.21. The molecular weight excluding hydrogens is 468 g/mol. The molecule has 0 bridgehead atoms. The summed E-state index contributed by atoms with van der Waals surface area (Å²) in [6.45, 7) is 1.45. The van der Waals surface area contributed by atoms with E-state index in [9.17, 15) is 19.7 Å². The first-order chi connectivity index (χ1) is 15.9. The van der Waals surface area contributed by atoms with E-state index < -0.39 is 22.9 Å². The molecule has 168 valence electrons. The second-order valence-corrected chi connectivity index (χ2v) is 8.49. The Bertz CT molecular complexity index is 1300. The van der Waals surface area contributed by atoms with Crippen LogP contribution in [0.15, 0.2) is 63.6 Å². The highest BCUT2D eigenvalue weighted by molar-refractivity contribution is 7.99. The summed E-state index contributed by atoms with van der Waals surface area (Å²) in [5.41, 5.74) is 2.29. The number of nitrogens with zero attached hydrogens (tertiary/aromatic N) is 3. The minimum atomic E-state index is -1.05. The number of thioether (sulfide) groups is 1. The van der Waals surface area contributed by atoms with E-state index >= 15 is 0 Å². The summed E-state index contributed by atoms with van der Waals surface area (Å²) in [7, 11) is 0. The van der Waals surface area contributed by atoms with Crippen LogP contribution in [0.25, 0.3) is 22.4 Å². The third-order valence-corrected chi connectivity index (χ3v) is 5.91. The smallest absolute Gasteiger partial charge is 0.317 e. The van der Waals surface area contributed by atoms with Crippen LogP contribution in [0.4, 0.5) is 10.8 Å². The molecule has 0 aliphatic heterocycles. The van der Waals surface area contributed by atoms with Crippen molar-refractivity contribution in [3.05, 3.63) is 64.0 Å². The number of para-hydroxylation sites is 2. The Morgan fingerprint density at radius 1 is 1.24 bits per heavy atom. The van der Waals surface area contributed by atoms with E-state index in [4.69, 9.17) is 9.15 Å². The lowest BCUT2D eigenvalue weighted by Crippen LogP contribution is -2.30. The van der Waals surface area contributed by atoms with Crippen LogP contribution in [-0.4, -0.2) is 38.6 Å². The maximum Gasteiger partial charge on any atom is 0.317 e. The Kier molecular flexibility index (Phi) is 6.66. The van der Waals surface area contributed by atoms with E-state index in [0.717, 1.165) is 23.1 Å². The number of thiazole rings is 1. The molecule has 2 heterocycles. The van der Waals surface area contributed by atoms with Crippen LogP contribution in [0, 0.1) is 10.1 Å². The third-order valence-electron chi connectivity index (χ3n) is 4.35. The zero-order chi connectivity index (χ0) is 23.4. The Morgan fingerprint density at radius 2 is 2.06 bits per heavy atom. The number of ether oxygens (including phenoxy) is 1. The first kappa shape index (κ1) is 22.4. The lowest BCUT2D eigenvalue weighted by Gasteiger charge is -2.11. The second kappa shape index (κ2) is 9.79. The van der Waals surface area contributed by atoms with Gasteiger partial charge in [-0.1, -0.05) is 36.0 Å². The molecule has 1 amide bonds. The van der Waals surface area contributed by atoms with E-state index in [1.54, 1.807) is 29.6 Å². The van der Waals surface area contributed by atoms with Crippen molar-refractivity contribution in [2.24, 2.45) is 0 Å². The van der Waals surface area contributed by atoms with Crippen molar-refractivity contribution < 1.29 is 23.7 Å². The molecule has 0 saturated heterocycles. The monoisotopic (exact) mass is 484 g/mol. The number of aromatic nitrogens is 2. The van der Waals surface area contributed by atoms with Crippen LogP contribution in [0.1, 0.15) is 6.92 Å². The van der Waals surface area contributed by atoms with Crippen molar-refractivity contribution >= 4 is 56.9 Å². The molecule has 0 aliphatic carbocycles. The van der Waals surface area contributed by atoms with Gasteiger partial charge in [-0.25, -0.2) is 9.97 Å². The van der Waals surface area contributed by atoms with Crippen molar-refractivity contribution in [3.8, 4) is 11.3 Å². The van der Waals surface area contributed by atoms with E-state index in [1.807, 2.05) is 12.1 Å². The SMILES string of the molecule is CC(OC(=O)CSc1nc2ccccc2o1)C(=O)Nc1nc(-c2cccc([N+](=O)[O-])c2)cs1. The highest BCUT2D eigenvalue weighted by atomic mass is 32.2. The number of non-ortho nitro benzene ring substituents is 1. The molecule has 1 atom stereocenters. The van der Waals surface area contributed by atoms with Crippen molar-refractivity contribution in [2.45, 2.75) is 18.3 Å². The molecule has 4 aromatic rings. The largest absolute Gasteiger partial charge is 0.452 e. The minimum absolute atomic E-state index is 0.0534. The van der Waals surface area contributed by atoms with Gasteiger partial charge in [0.15, 0.2) is 16.8 Å². The standard InChI is InChI=1S/C21H16N4O6S2/c1-12(30-18(26)11-33-21-23-15-7-2-3-8-17(15)31-21)19(27)24-20-22-16(10-32-20)13-5-4-6-14(9-13)25(28)29/h2-10,12H,11H2,1H3,(H,22,24,27). The molecule has 0 spiro atoms. The van der Waals surface area contributed by atoms with E-state index in [2.05, 4.69) is 15.3 Å². The highest BCUT2D eigenvalue weighted by Crippen LogP contribution is 2.28. The van der Waals surface area contributed by atoms with Gasteiger partial charge in [0.2, 0.25) is 0 Å². The molecule has 33 heavy (non-hydrogen) atoms. The second-order valence-electron chi connectivity index (χ2n) is 6.70. The molecule has 2 aromatic heterocycles. The van der Waals surface area contributed by atoms with Gasteiger partial charge < -0.3 is 9.15 Å². The van der Waals surface area contributed by atoms with Gasteiger partial charge in [0.1, 0.15) is 11.3 Å². The lowest BCUT2D eigenvalue weighted by molar-refractivity contribution is -0.384. The van der Waals surface area contributed by atoms with Gasteiger partial charge in [-0.05, 0) is 19.1 Å². The molecule has 2 aromatic carbocycles. The van der Waals surface area contributed by atoms with Crippen LogP contribution in [0.3, 0.4) is 0 Å². The number of carbonyl (C=O) groups excluding carboxylic acids is 2. The van der Waals surface area contributed by atoms with Gasteiger partial charge in [-0.3, -0.25) is 25.0 Å². The first-order valence-corrected chi connectivity index (χ1v) is 11.4. The van der Waals surface area contributed by atoms with Crippen LogP contribution >= 0.6 is 23.1 Å². The molecular formula is C21H16N4O6S2. The number of amides is 1. The molecule has 0 aliphatic rings. The highest BCUT2D eigenvalue weighted by Gasteiger charge is 2.20. The number of oxazole rings is 1. The minimum Gasteiger partial charge on any atom is -0.452 e. The van der Waals surface area contributed by atoms with Gasteiger partial charge in [0.05, 0.1) is 10.6 Å². The van der Waals surface area contributed by atoms with Gasteiger partial charge in [-0.2, -0.15) is 0 Å². The molecule has 12 heteroatoms. The predicted octanol–water partition coefficient (Wildman–Crippen LogP) is 4.52. The van der Waals surface area contributed by atoms with E-state index in [0.29, 0.717) is 27.6 Å². The zero-order valence-corrected chi connectivity index (χ0v) is 18.7. The lowest BCUT2D eigenvalue weighted by atomic mass is 10.1. The Labute approximate surface area is 195 Å². The van der Waals surface area contributed by atoms with Gasteiger partial charge >= 0.3 is 5.97 Å². The average Bonchev–Trinajstić information content (AvgIpc) is 3.44. The van der Waals surface area contributed by atoms with Crippen molar-refractivity contribution in [1.29, 1.82) is 0 Å². The number of carbonyl (C=O) groups is 2. The number of anilines is 1. The van der Waals surface area contributed by atoms with Crippen LogP contribution in [0.2, 0.25) is 0 Å². The fourth-order valence-corrected chi connectivity index (χ4v) is 4.11. The Balaban J connectivity index is 1.30. The molecule has 0 fully saturated rings. The maximum absolute atomic E-state index is 12.4. The normalized spacial score (nSPS) is 11.8. The van der Waals surface area contributed by atoms with Crippen LogP contribution in [0.5, 0.6) is 0 Å². The van der Waals surface area contributed by atoms with Crippen molar-refractivity contribution in [2.75, 3.05) is 11.1 Å². The quantitative estimate of drug-likeness (QED) is 0.165. The summed E-state index contributed by atoms with van der Waals surface area (Å²) < 4.78 is 10.7. The topological polar surface area (TPSA) is 137 Å². The molecule has 1 unspecified atom stereocenters. The number of hydrogen-bond donors (Lipinski definition) is 1.